The third-order valence-corrected chi connectivity index (χ3v) is 6.09. The molecule has 0 amide bonds. The fraction of sp³-hybridized carbons (Fsp3) is 0.333. The number of hydrogen-bond donors (Lipinski definition) is 1. The van der Waals surface area contributed by atoms with Gasteiger partial charge in [-0.05, 0) is 55.4 Å². The monoisotopic (exact) mass is 475 g/mol. The SMILES string of the molecule is CN1CC=CCCOc2cc(F)cc(c2)-c2ccnc(n2)Nc2ccc(N3CCOCC3)c(c2)C1. The first-order valence-electron chi connectivity index (χ1n) is 12.0. The van der Waals surface area contributed by atoms with Crippen molar-refractivity contribution in [2.45, 2.75) is 13.0 Å². The van der Waals surface area contributed by atoms with E-state index in [-0.39, 0.29) is 5.82 Å². The molecule has 1 aromatic heterocycles. The van der Waals surface area contributed by atoms with E-state index in [1.54, 1.807) is 12.3 Å². The molecule has 0 radical (unpaired) electrons. The van der Waals surface area contributed by atoms with Crippen LogP contribution in [0.25, 0.3) is 11.3 Å². The number of aromatic nitrogens is 2. The maximum atomic E-state index is 14.3. The molecule has 0 aliphatic carbocycles. The summed E-state index contributed by atoms with van der Waals surface area (Å²) >= 11 is 0. The predicted molar refractivity (Wildman–Crippen MR) is 136 cm³/mol. The Labute approximate surface area is 205 Å². The van der Waals surface area contributed by atoms with Crippen LogP contribution >= 0.6 is 0 Å². The molecule has 182 valence electrons. The van der Waals surface area contributed by atoms with Gasteiger partial charge in [0.05, 0.1) is 25.5 Å². The van der Waals surface area contributed by atoms with Crippen molar-refractivity contribution in [3.8, 4) is 17.0 Å². The molecule has 3 aromatic rings. The van der Waals surface area contributed by atoms with Crippen molar-refractivity contribution in [2.24, 2.45) is 0 Å². The number of nitrogens with one attached hydrogen (secondary N) is 1. The van der Waals surface area contributed by atoms with Gasteiger partial charge in [0.1, 0.15) is 11.6 Å². The van der Waals surface area contributed by atoms with Gasteiger partial charge in [0.2, 0.25) is 5.95 Å². The summed E-state index contributed by atoms with van der Waals surface area (Å²) in [7, 11) is 2.11. The van der Waals surface area contributed by atoms with Gasteiger partial charge in [-0.15, -0.1) is 0 Å². The zero-order chi connectivity index (χ0) is 24.0. The van der Waals surface area contributed by atoms with Crippen LogP contribution < -0.4 is 15.0 Å². The predicted octanol–water partition coefficient (Wildman–Crippen LogP) is 4.63. The molecule has 8 heteroatoms. The number of anilines is 3. The first-order valence-corrected chi connectivity index (χ1v) is 12.0. The van der Waals surface area contributed by atoms with E-state index in [1.807, 2.05) is 6.07 Å². The van der Waals surface area contributed by atoms with Crippen molar-refractivity contribution < 1.29 is 13.9 Å². The van der Waals surface area contributed by atoms with Crippen LogP contribution in [0.3, 0.4) is 0 Å². The molecule has 1 N–H and O–H groups in total. The second-order valence-electron chi connectivity index (χ2n) is 8.81. The summed E-state index contributed by atoms with van der Waals surface area (Å²) in [6, 6.07) is 12.8. The highest BCUT2D eigenvalue weighted by atomic mass is 19.1. The average Bonchev–Trinajstić information content (AvgIpc) is 2.86. The molecular weight excluding hydrogens is 445 g/mol. The number of nitrogens with zero attached hydrogens (tertiary/aromatic N) is 4. The highest BCUT2D eigenvalue weighted by Crippen LogP contribution is 2.29. The van der Waals surface area contributed by atoms with Gasteiger partial charge in [-0.3, -0.25) is 4.90 Å². The normalized spacial score (nSPS) is 17.1. The lowest BCUT2D eigenvalue weighted by Crippen LogP contribution is -2.37. The molecule has 35 heavy (non-hydrogen) atoms. The highest BCUT2D eigenvalue weighted by molar-refractivity contribution is 5.66. The van der Waals surface area contributed by atoms with Crippen LogP contribution in [0.1, 0.15) is 12.0 Å². The van der Waals surface area contributed by atoms with Gasteiger partial charge >= 0.3 is 0 Å². The maximum Gasteiger partial charge on any atom is 0.227 e. The van der Waals surface area contributed by atoms with Crippen molar-refractivity contribution in [1.29, 1.82) is 0 Å². The van der Waals surface area contributed by atoms with E-state index in [0.29, 0.717) is 29.6 Å². The van der Waals surface area contributed by atoms with E-state index >= 15 is 0 Å². The van der Waals surface area contributed by atoms with Gasteiger partial charge in [0.25, 0.3) is 0 Å². The van der Waals surface area contributed by atoms with Crippen LogP contribution in [-0.2, 0) is 11.3 Å². The molecule has 0 atom stereocenters. The summed E-state index contributed by atoms with van der Waals surface area (Å²) in [4.78, 5) is 13.7. The van der Waals surface area contributed by atoms with Gasteiger partial charge in [0, 0.05) is 55.4 Å². The summed E-state index contributed by atoms with van der Waals surface area (Å²) in [6.45, 7) is 5.32. The number of morpholine rings is 1. The Morgan fingerprint density at radius 2 is 1.89 bits per heavy atom. The van der Waals surface area contributed by atoms with Crippen molar-refractivity contribution in [2.75, 3.05) is 56.7 Å². The molecule has 0 saturated carbocycles. The molecule has 6 bridgehead atoms. The summed E-state index contributed by atoms with van der Waals surface area (Å²) in [5.74, 6) is 0.584. The van der Waals surface area contributed by atoms with Crippen LogP contribution in [0.5, 0.6) is 5.75 Å². The Balaban J connectivity index is 1.50. The number of fused-ring (bicyclic) bond motifs is 7. The minimum atomic E-state index is -0.361. The fourth-order valence-electron chi connectivity index (χ4n) is 4.38. The molecule has 7 nitrogen and oxygen atoms in total. The maximum absolute atomic E-state index is 14.3. The lowest BCUT2D eigenvalue weighted by molar-refractivity contribution is 0.122. The zero-order valence-electron chi connectivity index (χ0n) is 19.9. The fourth-order valence-corrected chi connectivity index (χ4v) is 4.38. The summed E-state index contributed by atoms with van der Waals surface area (Å²) in [5, 5.41) is 3.33. The van der Waals surface area contributed by atoms with Crippen LogP contribution in [0.2, 0.25) is 0 Å². The summed E-state index contributed by atoms with van der Waals surface area (Å²) in [5.41, 5.74) is 4.62. The van der Waals surface area contributed by atoms with Gasteiger partial charge < -0.3 is 19.7 Å². The number of benzene rings is 2. The largest absolute Gasteiger partial charge is 0.493 e. The number of hydrogen-bond acceptors (Lipinski definition) is 7. The number of halogens is 1. The Hall–Kier alpha value is -3.49. The Bertz CT molecular complexity index is 1200. The summed E-state index contributed by atoms with van der Waals surface area (Å²) in [6.07, 6.45) is 6.68. The summed E-state index contributed by atoms with van der Waals surface area (Å²) < 4.78 is 25.7. The van der Waals surface area contributed by atoms with Crippen molar-refractivity contribution in [3.05, 3.63) is 72.2 Å². The van der Waals surface area contributed by atoms with Crippen LogP contribution in [0.15, 0.2) is 60.8 Å². The smallest absolute Gasteiger partial charge is 0.227 e. The topological polar surface area (TPSA) is 62.8 Å². The van der Waals surface area contributed by atoms with Gasteiger partial charge in [0.15, 0.2) is 0 Å². The van der Waals surface area contributed by atoms with E-state index in [1.165, 1.54) is 23.4 Å². The molecule has 5 rings (SSSR count). The van der Waals surface area contributed by atoms with Crippen LogP contribution in [0, 0.1) is 5.82 Å². The number of ether oxygens (including phenoxy) is 2. The van der Waals surface area contributed by atoms with E-state index in [0.717, 1.165) is 51.5 Å². The third-order valence-electron chi connectivity index (χ3n) is 6.09. The first kappa shape index (κ1) is 23.3. The van der Waals surface area contributed by atoms with E-state index in [2.05, 4.69) is 62.5 Å². The standard InChI is InChI=1S/C27H30FN5O2/c1-32-9-3-2-4-12-35-24-17-20(15-22(28)18-24)25-7-8-29-27(31-25)30-23-5-6-26(21(16-23)19-32)33-10-13-34-14-11-33/h2-3,5-8,15-18H,4,9-14,19H2,1H3,(H,29,30,31). The molecule has 1 fully saturated rings. The number of likely N-dealkylation sites (N-methyl/N-ethyl adjacent to an activating group) is 1. The van der Waals surface area contributed by atoms with Crippen molar-refractivity contribution >= 4 is 17.3 Å². The molecule has 0 unspecified atom stereocenters. The van der Waals surface area contributed by atoms with Crippen LogP contribution in [-0.4, -0.2) is 61.4 Å². The van der Waals surface area contributed by atoms with Crippen molar-refractivity contribution in [1.82, 2.24) is 14.9 Å². The minimum Gasteiger partial charge on any atom is -0.493 e. The quantitative estimate of drug-likeness (QED) is 0.515. The number of rotatable bonds is 1. The lowest BCUT2D eigenvalue weighted by atomic mass is 10.1. The molecule has 2 aromatic carbocycles. The second kappa shape index (κ2) is 10.8. The van der Waals surface area contributed by atoms with Gasteiger partial charge in [-0.25, -0.2) is 14.4 Å². The van der Waals surface area contributed by atoms with Gasteiger partial charge in [-0.2, -0.15) is 0 Å². The Morgan fingerprint density at radius 3 is 2.77 bits per heavy atom. The molecular formula is C27H30FN5O2. The molecule has 2 aliphatic rings. The zero-order valence-corrected chi connectivity index (χ0v) is 19.9. The second-order valence-corrected chi connectivity index (χ2v) is 8.81. The average molecular weight is 476 g/mol. The Morgan fingerprint density at radius 1 is 1.00 bits per heavy atom. The molecule has 3 heterocycles. The van der Waals surface area contributed by atoms with E-state index < -0.39 is 0 Å². The molecule has 1 saturated heterocycles. The van der Waals surface area contributed by atoms with Crippen LogP contribution in [0.4, 0.5) is 21.7 Å². The Kier molecular flexibility index (Phi) is 7.20. The molecule has 2 aliphatic heterocycles. The van der Waals surface area contributed by atoms with Crippen molar-refractivity contribution in [3.63, 3.8) is 0 Å². The third kappa shape index (κ3) is 5.96. The minimum absolute atomic E-state index is 0.361. The van der Waals surface area contributed by atoms with E-state index in [9.17, 15) is 4.39 Å². The molecule has 0 spiro atoms. The lowest BCUT2D eigenvalue weighted by Gasteiger charge is -2.31. The van der Waals surface area contributed by atoms with E-state index in [4.69, 9.17) is 9.47 Å². The van der Waals surface area contributed by atoms with Gasteiger partial charge in [-0.1, -0.05) is 12.2 Å². The first-order chi connectivity index (χ1) is 17.1. The highest BCUT2D eigenvalue weighted by Gasteiger charge is 2.17.